The monoisotopic (exact) mass is 1470 g/mol. The van der Waals surface area contributed by atoms with Crippen LogP contribution >= 0.6 is 0 Å². The number of hydrogen-bond acceptors (Lipinski definition) is 8. The molecule has 0 aromatic rings. The summed E-state index contributed by atoms with van der Waals surface area (Å²) in [6, 6.07) is 0. The molecule has 0 bridgehead atoms. The van der Waals surface area contributed by atoms with E-state index < -0.39 is 0 Å². The van der Waals surface area contributed by atoms with Crippen LogP contribution in [0.15, 0.2) is 0 Å². The third-order valence-electron chi connectivity index (χ3n) is 29.9. The Morgan fingerprint density at radius 1 is 0.183 bits per heavy atom. The maximum absolute atomic E-state index is 10.1. The van der Waals surface area contributed by atoms with Crippen molar-refractivity contribution in [3.63, 3.8) is 0 Å². The number of rotatable bonds is 0. The topological polar surface area (TPSA) is 162 Å². The molecular weight excluding hydrogens is 1280 g/mol. The molecule has 0 aromatic heterocycles. The molecule has 0 saturated heterocycles. The molecule has 0 spiro atoms. The first kappa shape index (κ1) is 102. The lowest BCUT2D eigenvalue weighted by Gasteiger charge is -2.45. The van der Waals surface area contributed by atoms with Crippen molar-refractivity contribution in [1.29, 1.82) is 0 Å². The van der Waals surface area contributed by atoms with Gasteiger partial charge in [0.25, 0.3) is 0 Å². The summed E-state index contributed by atoms with van der Waals surface area (Å²) >= 11 is 0. The van der Waals surface area contributed by atoms with Crippen molar-refractivity contribution in [2.45, 2.75) is 429 Å². The summed E-state index contributed by atoms with van der Waals surface area (Å²) in [4.78, 5) is 0. The van der Waals surface area contributed by atoms with Crippen LogP contribution in [0.3, 0.4) is 0 Å². The lowest BCUT2D eigenvalue weighted by Crippen LogP contribution is -2.42. The minimum atomic E-state index is -0.0938. The lowest BCUT2D eigenvalue weighted by atomic mass is 9.61. The van der Waals surface area contributed by atoms with Crippen molar-refractivity contribution in [3.05, 3.63) is 0 Å². The van der Waals surface area contributed by atoms with E-state index in [0.29, 0.717) is 140 Å². The number of aliphatic hydroxyl groups is 8. The molecule has 32 atom stereocenters. The van der Waals surface area contributed by atoms with E-state index in [4.69, 9.17) is 0 Å². The van der Waals surface area contributed by atoms with Gasteiger partial charge in [-0.25, -0.2) is 0 Å². The summed E-state index contributed by atoms with van der Waals surface area (Å²) < 4.78 is 0. The molecule has 8 fully saturated rings. The fraction of sp³-hybridized carbons (Fsp3) is 1.00. The lowest BCUT2D eigenvalue weighted by molar-refractivity contribution is -0.0453. The van der Waals surface area contributed by atoms with Crippen molar-refractivity contribution in [2.75, 3.05) is 0 Å². The van der Waals surface area contributed by atoms with E-state index >= 15 is 0 Å². The second-order valence-corrected chi connectivity index (χ2v) is 47.5. The first-order valence-corrected chi connectivity index (χ1v) is 44.1. The Balaban J connectivity index is 0.000000594. The molecule has 8 saturated carbocycles. The van der Waals surface area contributed by atoms with E-state index in [-0.39, 0.29) is 65.1 Å². The van der Waals surface area contributed by atoms with Gasteiger partial charge in [0.05, 0.1) is 48.8 Å². The fourth-order valence-electron chi connectivity index (χ4n) is 22.3. The van der Waals surface area contributed by atoms with Crippen LogP contribution in [-0.4, -0.2) is 89.7 Å². The standard InChI is InChI=1S/8C12H24O/c1-8-6-10(13)7-11(9(8)2)12(3,4)5;1-8-6-10(12(3,4)5)11(13)7-9(8)2;1-8-6-9(2)11(13)7-10(8)12(3,4)5;1-8-6-10(12(3,4)5)9(2)11(13)7-8;1-8-6-9(2)11(13)10(7-8)12(3,4)5;1-8-6-7-10(13)9(2)11(8)12(3,4)5;1-8-6-7-10(12(3,4)5)9(2)11(8)13;1-8-6-7-10(12(3,4)5)11(13)9(8)2/h8*8-11,13H,6-7H2,1-5H3. The van der Waals surface area contributed by atoms with Crippen molar-refractivity contribution < 1.29 is 40.9 Å². The Morgan fingerprint density at radius 3 is 1.05 bits per heavy atom. The molecule has 0 heterocycles. The van der Waals surface area contributed by atoms with E-state index in [1.807, 2.05) is 0 Å². The molecule has 32 unspecified atom stereocenters. The third-order valence-corrected chi connectivity index (χ3v) is 29.9. The largest absolute Gasteiger partial charge is 0.393 e. The van der Waals surface area contributed by atoms with Gasteiger partial charge in [0.15, 0.2) is 0 Å². The average molecular weight is 1470 g/mol. The molecule has 8 heteroatoms. The summed E-state index contributed by atoms with van der Waals surface area (Å²) in [6.45, 7) is 90.5. The fourth-order valence-corrected chi connectivity index (χ4v) is 22.3. The predicted molar refractivity (Wildman–Crippen MR) is 452 cm³/mol. The predicted octanol–water partition coefficient (Wildman–Crippen LogP) is 24.6. The first-order chi connectivity index (χ1) is 46.6. The number of hydrogen-bond donors (Lipinski definition) is 8. The van der Waals surface area contributed by atoms with Crippen LogP contribution in [0.5, 0.6) is 0 Å². The Kier molecular flexibility index (Phi) is 40.7. The van der Waals surface area contributed by atoms with Crippen LogP contribution in [-0.2, 0) is 0 Å². The quantitative estimate of drug-likeness (QED) is 0.119. The Labute approximate surface area is 651 Å². The molecule has 0 radical (unpaired) electrons. The van der Waals surface area contributed by atoms with Gasteiger partial charge in [-0.3, -0.25) is 0 Å². The molecule has 8 nitrogen and oxygen atoms in total. The van der Waals surface area contributed by atoms with E-state index in [2.05, 4.69) is 277 Å². The molecule has 0 aromatic carbocycles. The van der Waals surface area contributed by atoms with Gasteiger partial charge in [-0.15, -0.1) is 0 Å². The summed E-state index contributed by atoms with van der Waals surface area (Å²) in [6.07, 6.45) is 17.5. The zero-order valence-corrected chi connectivity index (χ0v) is 77.4. The smallest absolute Gasteiger partial charge is 0.0601 e. The van der Waals surface area contributed by atoms with Crippen LogP contribution in [0.2, 0.25) is 0 Å². The van der Waals surface area contributed by atoms with E-state index in [0.717, 1.165) is 68.1 Å². The highest BCUT2D eigenvalue weighted by Gasteiger charge is 2.46. The number of aliphatic hydroxyl groups excluding tert-OH is 8. The molecule has 8 aliphatic rings. The van der Waals surface area contributed by atoms with Crippen molar-refractivity contribution in [2.24, 2.45) is 185 Å². The van der Waals surface area contributed by atoms with Gasteiger partial charge < -0.3 is 40.9 Å². The van der Waals surface area contributed by atoms with Crippen molar-refractivity contribution in [3.8, 4) is 0 Å². The molecule has 0 amide bonds. The Hall–Kier alpha value is -0.320. The second kappa shape index (κ2) is 41.6. The molecule has 8 rings (SSSR count). The van der Waals surface area contributed by atoms with Gasteiger partial charge in [0.1, 0.15) is 0 Å². The van der Waals surface area contributed by atoms with E-state index in [1.165, 1.54) is 64.2 Å². The minimum Gasteiger partial charge on any atom is -0.393 e. The highest BCUT2D eigenvalue weighted by Crippen LogP contribution is 2.51. The SMILES string of the molecule is CC1CC(C)C(C(C)(C)C)CC1O.CC1CC(C)C(O)C(C(C)(C)C)C1.CC1CC(O)C(C(C)(C)C)CC1C.CC1CC(O)C(C)C(C(C)(C)C)C1.CC1CC(O)CC(C(C)(C)C)C1C.CC1CCC(C(C)(C)C)C(C)C1O.CC1CCC(C(C)(C)C)C(O)C1C.CC1CCC(O)C(C)C1C(C)(C)C. The second-order valence-electron chi connectivity index (χ2n) is 47.5. The maximum Gasteiger partial charge on any atom is 0.0601 e. The van der Waals surface area contributed by atoms with E-state index in [1.54, 1.807) is 0 Å². The van der Waals surface area contributed by atoms with Crippen LogP contribution in [0.1, 0.15) is 380 Å². The zero-order chi connectivity index (χ0) is 81.8. The van der Waals surface area contributed by atoms with Gasteiger partial charge in [-0.2, -0.15) is 0 Å². The van der Waals surface area contributed by atoms with Crippen LogP contribution in [0.4, 0.5) is 0 Å². The van der Waals surface area contributed by atoms with E-state index in [9.17, 15) is 40.9 Å². The summed E-state index contributed by atoms with van der Waals surface area (Å²) in [5, 5.41) is 79.5. The molecule has 104 heavy (non-hydrogen) atoms. The van der Waals surface area contributed by atoms with Gasteiger partial charge in [0, 0.05) is 0 Å². The Bertz CT molecular complexity index is 2110. The zero-order valence-electron chi connectivity index (χ0n) is 77.4. The molecule has 8 aliphatic carbocycles. The van der Waals surface area contributed by atoms with Crippen LogP contribution in [0.25, 0.3) is 0 Å². The van der Waals surface area contributed by atoms with Crippen LogP contribution in [0, 0.1) is 185 Å². The van der Waals surface area contributed by atoms with Gasteiger partial charge in [-0.1, -0.05) is 277 Å². The van der Waals surface area contributed by atoms with Gasteiger partial charge >= 0.3 is 0 Å². The normalized spacial score (nSPS) is 42.0. The highest BCUT2D eigenvalue weighted by atomic mass is 16.3. The van der Waals surface area contributed by atoms with Crippen LogP contribution < -0.4 is 0 Å². The average Bonchev–Trinajstić information content (AvgIpc) is 0.496. The van der Waals surface area contributed by atoms with Gasteiger partial charge in [-0.05, 0) is 288 Å². The first-order valence-electron chi connectivity index (χ1n) is 44.1. The van der Waals surface area contributed by atoms with Crippen molar-refractivity contribution in [1.82, 2.24) is 0 Å². The maximum atomic E-state index is 10.1. The summed E-state index contributed by atoms with van der Waals surface area (Å²) in [5.74, 6) is 14.7. The van der Waals surface area contributed by atoms with Crippen molar-refractivity contribution >= 4 is 0 Å². The molecule has 8 N–H and O–H groups in total. The summed E-state index contributed by atoms with van der Waals surface area (Å²) in [7, 11) is 0. The molecule has 0 aliphatic heterocycles. The summed E-state index contributed by atoms with van der Waals surface area (Å²) in [5.41, 5.74) is 2.48. The Morgan fingerprint density at radius 2 is 0.596 bits per heavy atom. The highest BCUT2D eigenvalue weighted by molar-refractivity contribution is 4.96. The molecular formula is C96H192O8. The molecule has 624 valence electrons. The third kappa shape index (κ3) is 32.3. The van der Waals surface area contributed by atoms with Gasteiger partial charge in [0.2, 0.25) is 0 Å². The minimum absolute atomic E-state index is 0.0598.